The molecule has 3 aliphatic carbocycles. The lowest BCUT2D eigenvalue weighted by Crippen LogP contribution is -2.42. The molecule has 9 heteroatoms. The second-order valence-electron chi connectivity index (χ2n) is 11.5. The second-order valence-corrected chi connectivity index (χ2v) is 11.5. The maximum atomic E-state index is 12.0. The first-order valence-corrected chi connectivity index (χ1v) is 12.6. The number of ether oxygens (including phenoxy) is 1. The van der Waals surface area contributed by atoms with E-state index in [9.17, 15) is 4.79 Å². The van der Waals surface area contributed by atoms with Crippen molar-refractivity contribution >= 4 is 23.7 Å². The Balaban J connectivity index is 1.12. The highest BCUT2D eigenvalue weighted by atomic mass is 16.6. The van der Waals surface area contributed by atoms with Crippen molar-refractivity contribution < 1.29 is 9.53 Å². The lowest BCUT2D eigenvalue weighted by Gasteiger charge is -2.34. The Morgan fingerprint density at radius 2 is 1.85 bits per heavy atom. The highest BCUT2D eigenvalue weighted by molar-refractivity contribution is 5.68. The Morgan fingerprint density at radius 3 is 2.53 bits per heavy atom. The number of hydrogen-bond acceptors (Lipinski definition) is 7. The maximum absolute atomic E-state index is 12.0. The number of aromatic nitrogens is 4. The number of rotatable bonds is 6. The van der Waals surface area contributed by atoms with Crippen LogP contribution in [0.1, 0.15) is 89.3 Å². The number of aryl methyl sites for hydroxylation is 1. The maximum Gasteiger partial charge on any atom is 0.407 e. The molecule has 2 aromatic rings. The molecule has 0 bridgehead atoms. The number of aromatic amines is 1. The van der Waals surface area contributed by atoms with E-state index in [1.807, 2.05) is 33.9 Å². The van der Waals surface area contributed by atoms with Gasteiger partial charge in [0, 0.05) is 41.5 Å². The monoisotopic (exact) mass is 467 g/mol. The van der Waals surface area contributed by atoms with Gasteiger partial charge in [-0.05, 0) is 84.5 Å². The third-order valence-corrected chi connectivity index (χ3v) is 7.35. The quantitative estimate of drug-likeness (QED) is 0.464. The van der Waals surface area contributed by atoms with Crippen LogP contribution < -0.4 is 16.0 Å². The van der Waals surface area contributed by atoms with Crippen molar-refractivity contribution in [1.29, 1.82) is 0 Å². The number of anilines is 3. The first-order chi connectivity index (χ1) is 16.2. The molecule has 3 saturated carbocycles. The van der Waals surface area contributed by atoms with Crippen molar-refractivity contribution in [2.45, 2.75) is 103 Å². The fraction of sp³-hybridized carbons (Fsp3) is 0.680. The highest BCUT2D eigenvalue weighted by Gasteiger charge is 2.53. The number of alkyl carbamates (subject to hydrolysis) is 1. The summed E-state index contributed by atoms with van der Waals surface area (Å²) >= 11 is 0. The number of H-pyrrole nitrogens is 1. The number of carbonyl (C=O) groups is 1. The minimum absolute atomic E-state index is 0.142. The smallest absolute Gasteiger partial charge is 0.407 e. The Morgan fingerprint density at radius 1 is 1.15 bits per heavy atom. The van der Waals surface area contributed by atoms with Gasteiger partial charge in [-0.2, -0.15) is 10.1 Å². The van der Waals surface area contributed by atoms with Crippen LogP contribution in [0.4, 0.5) is 22.4 Å². The molecule has 3 fully saturated rings. The minimum atomic E-state index is -0.481. The molecule has 1 amide bonds. The van der Waals surface area contributed by atoms with Crippen LogP contribution in [0, 0.1) is 12.3 Å². The number of hydrogen-bond donors (Lipinski definition) is 4. The molecule has 3 aliphatic rings. The summed E-state index contributed by atoms with van der Waals surface area (Å²) in [6, 6.07) is 2.54. The summed E-state index contributed by atoms with van der Waals surface area (Å²) in [5.74, 6) is 2.80. The molecule has 1 spiro atoms. The van der Waals surface area contributed by atoms with Crippen LogP contribution in [0.5, 0.6) is 0 Å². The predicted octanol–water partition coefficient (Wildman–Crippen LogP) is 5.16. The van der Waals surface area contributed by atoms with Gasteiger partial charge >= 0.3 is 6.09 Å². The van der Waals surface area contributed by atoms with Crippen molar-refractivity contribution in [2.75, 3.05) is 10.6 Å². The van der Waals surface area contributed by atoms with Gasteiger partial charge in [0.2, 0.25) is 5.95 Å². The van der Waals surface area contributed by atoms with E-state index in [4.69, 9.17) is 9.72 Å². The van der Waals surface area contributed by atoms with Crippen LogP contribution >= 0.6 is 0 Å². The topological polar surface area (TPSA) is 117 Å². The van der Waals surface area contributed by atoms with Gasteiger partial charge in [-0.15, -0.1) is 0 Å². The summed E-state index contributed by atoms with van der Waals surface area (Å²) in [6.45, 7) is 7.62. The van der Waals surface area contributed by atoms with Crippen molar-refractivity contribution in [1.82, 2.24) is 25.5 Å². The van der Waals surface area contributed by atoms with E-state index in [0.29, 0.717) is 17.3 Å². The molecule has 184 valence electrons. The van der Waals surface area contributed by atoms with E-state index in [-0.39, 0.29) is 18.2 Å². The SMILES string of the molecule is Cc1cnc(NC2CCC(NC(=O)OC(C)(C)C)CC2)nc1Nc1cc(C2CC3(CC3)C2)[nH]n1. The number of nitrogens with one attached hydrogen (secondary N) is 4. The van der Waals surface area contributed by atoms with Crippen molar-refractivity contribution in [3.8, 4) is 0 Å². The van der Waals surface area contributed by atoms with E-state index in [1.165, 1.54) is 31.4 Å². The van der Waals surface area contributed by atoms with Crippen molar-refractivity contribution in [3.05, 3.63) is 23.5 Å². The fourth-order valence-corrected chi connectivity index (χ4v) is 5.20. The third-order valence-electron chi connectivity index (χ3n) is 7.35. The average Bonchev–Trinajstić information content (AvgIpc) is 3.42. The van der Waals surface area contributed by atoms with Gasteiger partial charge in [0.15, 0.2) is 5.82 Å². The zero-order valence-corrected chi connectivity index (χ0v) is 20.7. The highest BCUT2D eigenvalue weighted by Crippen LogP contribution is 2.66. The van der Waals surface area contributed by atoms with Crippen LogP contribution in [0.15, 0.2) is 12.3 Å². The Labute approximate surface area is 201 Å². The average molecular weight is 468 g/mol. The van der Waals surface area contributed by atoms with E-state index >= 15 is 0 Å². The molecule has 0 atom stereocenters. The second kappa shape index (κ2) is 8.74. The van der Waals surface area contributed by atoms with Crippen LogP contribution in [-0.2, 0) is 4.74 Å². The van der Waals surface area contributed by atoms with Gasteiger partial charge in [-0.3, -0.25) is 5.10 Å². The molecule has 5 rings (SSSR count). The fourth-order valence-electron chi connectivity index (χ4n) is 5.20. The molecule has 2 heterocycles. The molecule has 9 nitrogen and oxygen atoms in total. The van der Waals surface area contributed by atoms with Gasteiger partial charge in [0.1, 0.15) is 11.4 Å². The molecule has 2 aromatic heterocycles. The Bertz CT molecular complexity index is 1020. The van der Waals surface area contributed by atoms with Gasteiger partial charge in [0.05, 0.1) is 0 Å². The molecule has 0 saturated heterocycles. The third kappa shape index (κ3) is 5.45. The van der Waals surface area contributed by atoms with Gasteiger partial charge in [-0.1, -0.05) is 0 Å². The zero-order valence-electron chi connectivity index (χ0n) is 20.7. The standard InChI is InChI=1S/C25H37N7O2/c1-15-14-26-22(27-17-5-7-18(8-6-17)28-23(33)34-24(2,3)4)30-21(15)29-20-11-19(31-32-20)16-12-25(13-16)9-10-25/h11,14,16-18H,5-10,12-13H2,1-4H3,(H,28,33)(H3,26,27,29,30,31,32). The first-order valence-electron chi connectivity index (χ1n) is 12.6. The summed E-state index contributed by atoms with van der Waals surface area (Å²) in [5, 5.41) is 17.5. The lowest BCUT2D eigenvalue weighted by atomic mass is 9.70. The van der Waals surface area contributed by atoms with E-state index in [2.05, 4.69) is 37.2 Å². The lowest BCUT2D eigenvalue weighted by molar-refractivity contribution is 0.0492. The molecule has 0 aliphatic heterocycles. The number of amides is 1. The van der Waals surface area contributed by atoms with E-state index in [0.717, 1.165) is 42.9 Å². The largest absolute Gasteiger partial charge is 0.444 e. The van der Waals surface area contributed by atoms with E-state index in [1.54, 1.807) is 0 Å². The van der Waals surface area contributed by atoms with Gasteiger partial charge < -0.3 is 20.7 Å². The molecule has 0 radical (unpaired) electrons. The first kappa shape index (κ1) is 22.9. The van der Waals surface area contributed by atoms with E-state index < -0.39 is 5.60 Å². The van der Waals surface area contributed by atoms with Crippen molar-refractivity contribution in [3.63, 3.8) is 0 Å². The summed E-state index contributed by atoms with van der Waals surface area (Å²) in [7, 11) is 0. The van der Waals surface area contributed by atoms with Crippen LogP contribution in [-0.4, -0.2) is 43.9 Å². The molecular weight excluding hydrogens is 430 g/mol. The van der Waals surface area contributed by atoms with Crippen molar-refractivity contribution in [2.24, 2.45) is 5.41 Å². The summed E-state index contributed by atoms with van der Waals surface area (Å²) in [6.07, 6.45) is 10.6. The van der Waals surface area contributed by atoms with Gasteiger partial charge in [0.25, 0.3) is 0 Å². The van der Waals surface area contributed by atoms with Gasteiger partial charge in [-0.25, -0.2) is 9.78 Å². The molecule has 0 unspecified atom stereocenters. The molecule has 4 N–H and O–H groups in total. The van der Waals surface area contributed by atoms with Crippen LogP contribution in [0.25, 0.3) is 0 Å². The Kier molecular flexibility index (Phi) is 5.90. The number of nitrogens with zero attached hydrogens (tertiary/aromatic N) is 3. The minimum Gasteiger partial charge on any atom is -0.444 e. The Hall–Kier alpha value is -2.84. The summed E-state index contributed by atoms with van der Waals surface area (Å²) in [5.41, 5.74) is 2.40. The summed E-state index contributed by atoms with van der Waals surface area (Å²) in [4.78, 5) is 21.2. The predicted molar refractivity (Wildman–Crippen MR) is 131 cm³/mol. The zero-order chi connectivity index (χ0) is 23.9. The molecular formula is C25H37N7O2. The summed E-state index contributed by atoms with van der Waals surface area (Å²) < 4.78 is 5.37. The van der Waals surface area contributed by atoms with Crippen LogP contribution in [0.3, 0.4) is 0 Å². The normalized spacial score (nSPS) is 23.8. The molecule has 34 heavy (non-hydrogen) atoms. The molecule has 0 aromatic carbocycles. The van der Waals surface area contributed by atoms with Crippen LogP contribution in [0.2, 0.25) is 0 Å². The number of carbonyl (C=O) groups excluding carboxylic acids is 1.